The number of carbonyl (C=O) groups excluding carboxylic acids is 3. The number of carbonyl (C=O) groups is 3. The van der Waals surface area contributed by atoms with Crippen molar-refractivity contribution in [2.75, 3.05) is 33.2 Å². The number of nitrogens with one attached hydrogen (secondary N) is 2. The van der Waals surface area contributed by atoms with E-state index >= 15 is 0 Å². The fourth-order valence-electron chi connectivity index (χ4n) is 4.08. The maximum absolute atomic E-state index is 13.7. The van der Waals surface area contributed by atoms with Crippen LogP contribution in [0.25, 0.3) is 0 Å². The highest BCUT2D eigenvalue weighted by molar-refractivity contribution is 6.35. The highest BCUT2D eigenvalue weighted by Crippen LogP contribution is 2.13. The van der Waals surface area contributed by atoms with Crippen molar-refractivity contribution in [1.82, 2.24) is 20.4 Å². The van der Waals surface area contributed by atoms with Crippen LogP contribution >= 0.6 is 0 Å². The van der Waals surface area contributed by atoms with Crippen LogP contribution < -0.4 is 10.6 Å². The molecule has 0 radical (unpaired) electrons. The molecule has 2 aromatic rings. The molecule has 0 aromatic heterocycles. The summed E-state index contributed by atoms with van der Waals surface area (Å²) in [4.78, 5) is 39.3. The summed E-state index contributed by atoms with van der Waals surface area (Å²) in [6, 6.07) is 10.1. The molecule has 2 atom stereocenters. The lowest BCUT2D eigenvalue weighted by atomic mass is 10.0. The van der Waals surface area contributed by atoms with Gasteiger partial charge in [0.25, 0.3) is 0 Å². The molecule has 1 fully saturated rings. The molecule has 0 aliphatic carbocycles. The first-order valence-corrected chi connectivity index (χ1v) is 11.9. The summed E-state index contributed by atoms with van der Waals surface area (Å²) in [6.07, 6.45) is -0.236. The molecular weight excluding hydrogens is 470 g/mol. The lowest BCUT2D eigenvalue weighted by Crippen LogP contribution is -2.57. The van der Waals surface area contributed by atoms with E-state index in [2.05, 4.69) is 23.6 Å². The number of likely N-dealkylation sites (N-methyl/N-ethyl adjacent to an activating group) is 1. The molecule has 1 aliphatic heterocycles. The van der Waals surface area contributed by atoms with Crippen LogP contribution in [-0.4, -0.2) is 78.0 Å². The zero-order chi connectivity index (χ0) is 26.2. The summed E-state index contributed by atoms with van der Waals surface area (Å²) < 4.78 is 27.5. The third kappa shape index (κ3) is 7.56. The molecule has 3 rings (SSSR count). The quantitative estimate of drug-likeness (QED) is 0.398. The molecule has 0 spiro atoms. The van der Waals surface area contributed by atoms with Gasteiger partial charge < -0.3 is 25.5 Å². The fourth-order valence-corrected chi connectivity index (χ4v) is 4.08. The van der Waals surface area contributed by atoms with Gasteiger partial charge in [0, 0.05) is 39.3 Å². The van der Waals surface area contributed by atoms with Crippen molar-refractivity contribution in [2.45, 2.75) is 38.5 Å². The predicted molar refractivity (Wildman–Crippen MR) is 130 cm³/mol. The Bertz CT molecular complexity index is 1080. The molecule has 0 bridgehead atoms. The van der Waals surface area contributed by atoms with E-state index in [9.17, 15) is 28.3 Å². The van der Waals surface area contributed by atoms with E-state index in [4.69, 9.17) is 0 Å². The average molecular weight is 503 g/mol. The lowest BCUT2D eigenvalue weighted by molar-refractivity contribution is -0.155. The van der Waals surface area contributed by atoms with Gasteiger partial charge in [0.1, 0.15) is 18.2 Å². The third-order valence-corrected chi connectivity index (χ3v) is 6.13. The average Bonchev–Trinajstić information content (AvgIpc) is 2.83. The van der Waals surface area contributed by atoms with Crippen molar-refractivity contribution in [3.8, 4) is 0 Å². The second kappa shape index (κ2) is 12.5. The fraction of sp³-hybridized carbons (Fsp3) is 0.423. The van der Waals surface area contributed by atoms with Gasteiger partial charge in [0.05, 0.1) is 12.1 Å². The van der Waals surface area contributed by atoms with Crippen LogP contribution in [0.1, 0.15) is 23.6 Å². The zero-order valence-electron chi connectivity index (χ0n) is 20.5. The Morgan fingerprint density at radius 1 is 1.03 bits per heavy atom. The summed E-state index contributed by atoms with van der Waals surface area (Å²) in [6.45, 7) is 2.79. The molecule has 3 amide bonds. The van der Waals surface area contributed by atoms with Gasteiger partial charge in [-0.15, -0.1) is 0 Å². The monoisotopic (exact) mass is 502 g/mol. The summed E-state index contributed by atoms with van der Waals surface area (Å²) in [7, 11) is 1.51. The minimum absolute atomic E-state index is 0.0375. The second-order valence-corrected chi connectivity index (χ2v) is 8.98. The maximum atomic E-state index is 13.7. The first-order chi connectivity index (χ1) is 17.2. The van der Waals surface area contributed by atoms with Gasteiger partial charge in [-0.2, -0.15) is 0 Å². The summed E-state index contributed by atoms with van der Waals surface area (Å²) in [5.74, 6) is -3.59. The van der Waals surface area contributed by atoms with Crippen molar-refractivity contribution >= 4 is 17.7 Å². The summed E-state index contributed by atoms with van der Waals surface area (Å²) in [5, 5.41) is 16.7. The SMILES string of the molecule is CCc1cccc(CNC[C@@H](O)[C@H](Cc2cc(F)cc(F)c2)NC(=O)CN2CCN(C)C(=O)C2=O)c1. The van der Waals surface area contributed by atoms with Gasteiger partial charge in [-0.3, -0.25) is 14.4 Å². The van der Waals surface area contributed by atoms with Crippen molar-refractivity contribution in [2.24, 2.45) is 0 Å². The van der Waals surface area contributed by atoms with E-state index in [0.29, 0.717) is 13.1 Å². The Morgan fingerprint density at radius 2 is 1.72 bits per heavy atom. The zero-order valence-corrected chi connectivity index (χ0v) is 20.5. The molecule has 1 heterocycles. The number of amides is 3. The molecule has 36 heavy (non-hydrogen) atoms. The van der Waals surface area contributed by atoms with Crippen LogP contribution in [0, 0.1) is 11.6 Å². The van der Waals surface area contributed by atoms with E-state index in [1.54, 1.807) is 0 Å². The first-order valence-electron chi connectivity index (χ1n) is 11.9. The van der Waals surface area contributed by atoms with Crippen molar-refractivity contribution in [3.63, 3.8) is 0 Å². The number of aliphatic hydroxyl groups is 1. The summed E-state index contributed by atoms with van der Waals surface area (Å²) in [5.41, 5.74) is 2.48. The van der Waals surface area contributed by atoms with Crippen LogP contribution in [-0.2, 0) is 33.8 Å². The molecule has 1 saturated heterocycles. The molecule has 1 aliphatic rings. The van der Waals surface area contributed by atoms with Crippen LogP contribution in [0.5, 0.6) is 0 Å². The van der Waals surface area contributed by atoms with Gasteiger partial charge in [0.15, 0.2) is 0 Å². The molecule has 0 saturated carbocycles. The Balaban J connectivity index is 1.66. The van der Waals surface area contributed by atoms with Gasteiger partial charge in [-0.05, 0) is 41.7 Å². The smallest absolute Gasteiger partial charge is 0.312 e. The normalized spacial score (nSPS) is 15.7. The topological polar surface area (TPSA) is 102 Å². The highest BCUT2D eigenvalue weighted by Gasteiger charge is 2.32. The van der Waals surface area contributed by atoms with Gasteiger partial charge >= 0.3 is 11.8 Å². The Kier molecular flexibility index (Phi) is 9.49. The molecule has 194 valence electrons. The van der Waals surface area contributed by atoms with Gasteiger partial charge in [0.2, 0.25) is 5.91 Å². The van der Waals surface area contributed by atoms with Gasteiger partial charge in [-0.25, -0.2) is 8.78 Å². The van der Waals surface area contributed by atoms with Crippen molar-refractivity contribution in [1.29, 1.82) is 0 Å². The predicted octanol–water partition coefficient (Wildman–Crippen LogP) is 1.01. The van der Waals surface area contributed by atoms with Crippen LogP contribution in [0.3, 0.4) is 0 Å². The number of hydrogen-bond donors (Lipinski definition) is 3. The van der Waals surface area contributed by atoms with Crippen molar-refractivity contribution in [3.05, 3.63) is 70.8 Å². The standard InChI is InChI=1S/C26H32F2N4O4/c1-3-17-5-4-6-18(9-17)14-29-15-23(33)22(12-19-10-20(27)13-21(28)11-19)30-24(34)16-32-8-7-31(2)25(35)26(32)36/h4-6,9-11,13,22-23,29,33H,3,7-8,12,14-16H2,1-2H3,(H,30,34)/t22-,23+/m0/s1. The van der Waals surface area contributed by atoms with Crippen molar-refractivity contribution < 1.29 is 28.3 Å². The maximum Gasteiger partial charge on any atom is 0.312 e. The molecule has 0 unspecified atom stereocenters. The molecule has 10 heteroatoms. The number of halogens is 2. The number of aryl methyl sites for hydroxylation is 1. The summed E-state index contributed by atoms with van der Waals surface area (Å²) >= 11 is 0. The molecule has 8 nitrogen and oxygen atoms in total. The van der Waals surface area contributed by atoms with E-state index < -0.39 is 41.5 Å². The minimum atomic E-state index is -1.10. The number of benzene rings is 2. The number of nitrogens with zero attached hydrogens (tertiary/aromatic N) is 2. The minimum Gasteiger partial charge on any atom is -0.390 e. The van der Waals surface area contributed by atoms with E-state index in [1.807, 2.05) is 18.2 Å². The molecular formula is C26H32F2N4O4. The molecule has 3 N–H and O–H groups in total. The number of hydrogen-bond acceptors (Lipinski definition) is 5. The van der Waals surface area contributed by atoms with Crippen LogP contribution in [0.15, 0.2) is 42.5 Å². The number of piperazine rings is 1. The number of rotatable bonds is 11. The number of aliphatic hydroxyl groups excluding tert-OH is 1. The second-order valence-electron chi connectivity index (χ2n) is 8.98. The third-order valence-electron chi connectivity index (χ3n) is 6.13. The Hall–Kier alpha value is -3.37. The van der Waals surface area contributed by atoms with Crippen LogP contribution in [0.2, 0.25) is 0 Å². The first kappa shape index (κ1) is 27.2. The largest absolute Gasteiger partial charge is 0.390 e. The van der Waals surface area contributed by atoms with Crippen LogP contribution in [0.4, 0.5) is 8.78 Å². The highest BCUT2D eigenvalue weighted by atomic mass is 19.1. The molecule has 2 aromatic carbocycles. The van der Waals surface area contributed by atoms with Gasteiger partial charge in [-0.1, -0.05) is 31.2 Å². The van der Waals surface area contributed by atoms with E-state index in [-0.39, 0.29) is 31.6 Å². The Labute approximate surface area is 209 Å². The lowest BCUT2D eigenvalue weighted by Gasteiger charge is -2.32. The Morgan fingerprint density at radius 3 is 2.42 bits per heavy atom. The van der Waals surface area contributed by atoms with E-state index in [0.717, 1.165) is 35.1 Å². The van der Waals surface area contributed by atoms with E-state index in [1.165, 1.54) is 17.5 Å².